The van der Waals surface area contributed by atoms with E-state index < -0.39 is 6.09 Å². The second-order valence-corrected chi connectivity index (χ2v) is 1.76. The van der Waals surface area contributed by atoms with Gasteiger partial charge in [-0.3, -0.25) is 5.32 Å². The molecule has 3 N–H and O–H groups in total. The smallest absolute Gasteiger partial charge is 0.406 e. The van der Waals surface area contributed by atoms with Crippen LogP contribution in [0.4, 0.5) is 4.79 Å². The quantitative estimate of drug-likeness (QED) is 0.426. The molecule has 1 rings (SSSR count). The fourth-order valence-corrected chi connectivity index (χ4v) is 0.699. The van der Waals surface area contributed by atoms with Gasteiger partial charge in [-0.2, -0.15) is 0 Å². The predicted molar refractivity (Wildman–Crippen MR) is 32.1 cm³/mol. The first-order valence-electron chi connectivity index (χ1n) is 2.68. The summed E-state index contributed by atoms with van der Waals surface area (Å²) in [6.45, 7) is 0.741. The van der Waals surface area contributed by atoms with E-state index in [-0.39, 0.29) is 6.17 Å². The highest BCUT2D eigenvalue weighted by Crippen LogP contribution is 1.88. The highest BCUT2D eigenvalue weighted by atomic mass is 16.4. The van der Waals surface area contributed by atoms with E-state index in [1.807, 2.05) is 6.08 Å². The van der Waals surface area contributed by atoms with Gasteiger partial charge in [0.15, 0.2) is 0 Å². The maximum absolute atomic E-state index is 9.97. The third kappa shape index (κ3) is 1.73. The summed E-state index contributed by atoms with van der Waals surface area (Å²) in [6, 6.07) is 0. The molecule has 50 valence electrons. The number of hydrogen-bond donors (Lipinski definition) is 3. The Balaban J connectivity index is 2.28. The molecule has 0 saturated carbocycles. The number of hydrogen-bond acceptors (Lipinski definition) is 2. The van der Waals surface area contributed by atoms with Crippen LogP contribution in [-0.2, 0) is 0 Å². The Morgan fingerprint density at radius 3 is 3.11 bits per heavy atom. The maximum atomic E-state index is 9.97. The molecule has 4 nitrogen and oxygen atoms in total. The molecule has 1 atom stereocenters. The Hall–Kier alpha value is -1.03. The lowest BCUT2D eigenvalue weighted by atomic mass is 10.5. The van der Waals surface area contributed by atoms with Gasteiger partial charge in [0.05, 0.1) is 0 Å². The lowest BCUT2D eigenvalue weighted by Gasteiger charge is -2.06. The van der Waals surface area contributed by atoms with Gasteiger partial charge in [0.25, 0.3) is 0 Å². The van der Waals surface area contributed by atoms with Crippen molar-refractivity contribution in [1.82, 2.24) is 10.6 Å². The van der Waals surface area contributed by atoms with E-state index in [0.29, 0.717) is 0 Å². The van der Waals surface area contributed by atoms with E-state index in [4.69, 9.17) is 5.11 Å². The maximum Gasteiger partial charge on any atom is 0.406 e. The Morgan fingerprint density at radius 2 is 2.67 bits per heavy atom. The third-order valence-corrected chi connectivity index (χ3v) is 1.06. The molecule has 0 aliphatic carbocycles. The summed E-state index contributed by atoms with van der Waals surface area (Å²) in [5.74, 6) is 0. The van der Waals surface area contributed by atoms with Crippen molar-refractivity contribution < 1.29 is 9.90 Å². The topological polar surface area (TPSA) is 61.4 Å². The van der Waals surface area contributed by atoms with E-state index in [9.17, 15) is 4.79 Å². The Kier molecular flexibility index (Phi) is 1.69. The van der Waals surface area contributed by atoms with Gasteiger partial charge in [0.2, 0.25) is 0 Å². The fourth-order valence-electron chi connectivity index (χ4n) is 0.699. The molecule has 0 bridgehead atoms. The summed E-state index contributed by atoms with van der Waals surface area (Å²) < 4.78 is 0. The normalized spacial score (nSPS) is 24.2. The van der Waals surface area contributed by atoms with Crippen LogP contribution < -0.4 is 10.6 Å². The van der Waals surface area contributed by atoms with Crippen molar-refractivity contribution in [3.8, 4) is 0 Å². The molecular formula is C5H8N2O2. The SMILES string of the molecule is O=C(O)NC1C=CCN1. The fraction of sp³-hybridized carbons (Fsp3) is 0.400. The average Bonchev–Trinajstić information content (AvgIpc) is 2.15. The minimum Gasteiger partial charge on any atom is -0.465 e. The molecule has 1 heterocycles. The summed E-state index contributed by atoms with van der Waals surface area (Å²) in [5, 5.41) is 13.3. The highest BCUT2D eigenvalue weighted by molar-refractivity contribution is 5.65. The van der Waals surface area contributed by atoms with Crippen LogP contribution in [0.25, 0.3) is 0 Å². The summed E-state index contributed by atoms with van der Waals surface area (Å²) in [6.07, 6.45) is 2.45. The molecule has 9 heavy (non-hydrogen) atoms. The zero-order valence-corrected chi connectivity index (χ0v) is 4.79. The van der Waals surface area contributed by atoms with Crippen molar-refractivity contribution in [3.63, 3.8) is 0 Å². The molecular weight excluding hydrogens is 120 g/mol. The molecule has 0 spiro atoms. The summed E-state index contributed by atoms with van der Waals surface area (Å²) >= 11 is 0. The first-order valence-corrected chi connectivity index (χ1v) is 2.68. The lowest BCUT2D eigenvalue weighted by Crippen LogP contribution is -2.40. The second-order valence-electron chi connectivity index (χ2n) is 1.76. The molecule has 0 aromatic carbocycles. The number of nitrogens with one attached hydrogen (secondary N) is 2. The number of rotatable bonds is 1. The van der Waals surface area contributed by atoms with Crippen LogP contribution in [0.3, 0.4) is 0 Å². The minimum atomic E-state index is -1.00. The van der Waals surface area contributed by atoms with Crippen molar-refractivity contribution in [1.29, 1.82) is 0 Å². The molecule has 0 fully saturated rings. The molecule has 1 amide bonds. The van der Waals surface area contributed by atoms with Crippen LogP contribution in [0.15, 0.2) is 12.2 Å². The predicted octanol–water partition coefficient (Wildman–Crippen LogP) is -0.261. The zero-order chi connectivity index (χ0) is 6.69. The van der Waals surface area contributed by atoms with E-state index in [0.717, 1.165) is 6.54 Å². The van der Waals surface area contributed by atoms with Gasteiger partial charge in [0, 0.05) is 6.54 Å². The van der Waals surface area contributed by atoms with Gasteiger partial charge in [0.1, 0.15) is 6.17 Å². The van der Waals surface area contributed by atoms with Gasteiger partial charge >= 0.3 is 6.09 Å². The number of amides is 1. The molecule has 0 saturated heterocycles. The van der Waals surface area contributed by atoms with E-state index in [1.54, 1.807) is 6.08 Å². The molecule has 4 heteroatoms. The Bertz CT molecular complexity index is 144. The second kappa shape index (κ2) is 2.50. The largest absolute Gasteiger partial charge is 0.465 e. The van der Waals surface area contributed by atoms with Crippen molar-refractivity contribution >= 4 is 6.09 Å². The monoisotopic (exact) mass is 128 g/mol. The standard InChI is InChI=1S/C5H8N2O2/c8-5(9)7-4-2-1-3-6-4/h1-2,4,6-7H,3H2,(H,8,9). The van der Waals surface area contributed by atoms with Gasteiger partial charge in [-0.25, -0.2) is 4.79 Å². The highest BCUT2D eigenvalue weighted by Gasteiger charge is 2.08. The van der Waals surface area contributed by atoms with Crippen LogP contribution >= 0.6 is 0 Å². The van der Waals surface area contributed by atoms with Gasteiger partial charge in [-0.05, 0) is 0 Å². The summed E-state index contributed by atoms with van der Waals surface area (Å²) in [5.41, 5.74) is 0. The van der Waals surface area contributed by atoms with Crippen LogP contribution in [0.5, 0.6) is 0 Å². The zero-order valence-electron chi connectivity index (χ0n) is 4.79. The Labute approximate surface area is 52.6 Å². The van der Waals surface area contributed by atoms with Gasteiger partial charge in [-0.15, -0.1) is 0 Å². The minimum absolute atomic E-state index is 0.192. The third-order valence-electron chi connectivity index (χ3n) is 1.06. The van der Waals surface area contributed by atoms with Crippen molar-refractivity contribution in [3.05, 3.63) is 12.2 Å². The van der Waals surface area contributed by atoms with Crippen LogP contribution in [0.2, 0.25) is 0 Å². The van der Waals surface area contributed by atoms with E-state index >= 15 is 0 Å². The van der Waals surface area contributed by atoms with E-state index in [1.165, 1.54) is 0 Å². The molecule has 0 aromatic heterocycles. The van der Waals surface area contributed by atoms with Crippen LogP contribution in [0, 0.1) is 0 Å². The first kappa shape index (κ1) is 6.10. The van der Waals surface area contributed by atoms with E-state index in [2.05, 4.69) is 10.6 Å². The molecule has 1 aliphatic heterocycles. The average molecular weight is 128 g/mol. The molecule has 0 radical (unpaired) electrons. The number of carboxylic acid groups (broad SMARTS) is 1. The van der Waals surface area contributed by atoms with Crippen LogP contribution in [0.1, 0.15) is 0 Å². The first-order chi connectivity index (χ1) is 4.29. The summed E-state index contributed by atoms with van der Waals surface area (Å²) in [7, 11) is 0. The molecule has 1 unspecified atom stereocenters. The Morgan fingerprint density at radius 1 is 1.89 bits per heavy atom. The van der Waals surface area contributed by atoms with Crippen molar-refractivity contribution in [2.45, 2.75) is 6.17 Å². The van der Waals surface area contributed by atoms with Crippen molar-refractivity contribution in [2.75, 3.05) is 6.54 Å². The van der Waals surface area contributed by atoms with Crippen LogP contribution in [-0.4, -0.2) is 23.9 Å². The lowest BCUT2D eigenvalue weighted by molar-refractivity contribution is 0.191. The summed E-state index contributed by atoms with van der Waals surface area (Å²) in [4.78, 5) is 9.97. The molecule has 0 aromatic rings. The van der Waals surface area contributed by atoms with Gasteiger partial charge in [-0.1, -0.05) is 12.2 Å². The molecule has 1 aliphatic rings. The number of carbonyl (C=O) groups is 1. The van der Waals surface area contributed by atoms with Crippen molar-refractivity contribution in [2.24, 2.45) is 0 Å². The van der Waals surface area contributed by atoms with Gasteiger partial charge < -0.3 is 10.4 Å².